The van der Waals surface area contributed by atoms with Gasteiger partial charge in [-0.1, -0.05) is 0 Å². The summed E-state index contributed by atoms with van der Waals surface area (Å²) in [6.45, 7) is 2.20. The number of amides is 1. The minimum atomic E-state index is -0.854. The number of ether oxygens (including phenoxy) is 1. The molecule has 1 aliphatic rings. The molecule has 1 amide bonds. The number of aliphatic carboxylic acids is 1. The lowest BCUT2D eigenvalue weighted by molar-refractivity contribution is -0.138. The van der Waals surface area contributed by atoms with Gasteiger partial charge in [0.1, 0.15) is 6.61 Å². The van der Waals surface area contributed by atoms with E-state index in [0.717, 1.165) is 19.4 Å². The third-order valence-corrected chi connectivity index (χ3v) is 2.85. The van der Waals surface area contributed by atoms with E-state index in [-0.39, 0.29) is 19.1 Å². The van der Waals surface area contributed by atoms with Crippen LogP contribution in [-0.4, -0.2) is 61.8 Å². The van der Waals surface area contributed by atoms with E-state index in [1.54, 1.807) is 4.90 Å². The number of carbonyl (C=O) groups excluding carboxylic acids is 1. The van der Waals surface area contributed by atoms with E-state index in [2.05, 4.69) is 5.32 Å². The third-order valence-electron chi connectivity index (χ3n) is 2.85. The lowest BCUT2D eigenvalue weighted by atomic mass is 9.98. The van der Waals surface area contributed by atoms with E-state index >= 15 is 0 Å². The minimum Gasteiger partial charge on any atom is -0.480 e. The number of carboxylic acids is 1. The molecule has 1 saturated heterocycles. The molecule has 2 N–H and O–H groups in total. The smallest absolute Gasteiger partial charge is 0.317 e. The highest BCUT2D eigenvalue weighted by Gasteiger charge is 2.23. The molecule has 17 heavy (non-hydrogen) atoms. The molecule has 0 bridgehead atoms. The maximum absolute atomic E-state index is 11.6. The van der Waals surface area contributed by atoms with Crippen molar-refractivity contribution in [3.63, 3.8) is 0 Å². The summed E-state index contributed by atoms with van der Waals surface area (Å²) in [6.07, 6.45) is 2.00. The number of nitrogens with one attached hydrogen (secondary N) is 1. The zero-order valence-corrected chi connectivity index (χ0v) is 10.1. The SMILES string of the molecule is COCC(=O)N1CCCC(CNCC(=O)O)C1. The Kier molecular flexibility index (Phi) is 5.93. The van der Waals surface area contributed by atoms with Gasteiger partial charge in [-0.15, -0.1) is 0 Å². The second-order valence-corrected chi connectivity index (χ2v) is 4.31. The van der Waals surface area contributed by atoms with E-state index in [1.165, 1.54) is 7.11 Å². The van der Waals surface area contributed by atoms with Gasteiger partial charge in [0, 0.05) is 26.7 Å². The van der Waals surface area contributed by atoms with Crippen LogP contribution in [0.4, 0.5) is 0 Å². The normalized spacial score (nSPS) is 20.3. The Bertz CT molecular complexity index is 270. The van der Waals surface area contributed by atoms with Gasteiger partial charge in [-0.25, -0.2) is 0 Å². The minimum absolute atomic E-state index is 0.00966. The second-order valence-electron chi connectivity index (χ2n) is 4.31. The van der Waals surface area contributed by atoms with Crippen molar-refractivity contribution < 1.29 is 19.4 Å². The van der Waals surface area contributed by atoms with Crippen LogP contribution >= 0.6 is 0 Å². The van der Waals surface area contributed by atoms with Crippen molar-refractivity contribution in [2.45, 2.75) is 12.8 Å². The number of likely N-dealkylation sites (tertiary alicyclic amines) is 1. The van der Waals surface area contributed by atoms with Crippen LogP contribution < -0.4 is 5.32 Å². The summed E-state index contributed by atoms with van der Waals surface area (Å²) >= 11 is 0. The van der Waals surface area contributed by atoms with Crippen LogP contribution in [0.25, 0.3) is 0 Å². The fourth-order valence-electron chi connectivity index (χ4n) is 2.06. The number of rotatable bonds is 6. The number of hydrogen-bond acceptors (Lipinski definition) is 4. The average Bonchev–Trinajstić information content (AvgIpc) is 2.29. The van der Waals surface area contributed by atoms with Crippen LogP contribution in [0.3, 0.4) is 0 Å². The van der Waals surface area contributed by atoms with Crippen LogP contribution in [-0.2, 0) is 14.3 Å². The number of carboxylic acid groups (broad SMARTS) is 1. The van der Waals surface area contributed by atoms with E-state index in [1.807, 2.05) is 0 Å². The van der Waals surface area contributed by atoms with Crippen LogP contribution in [0.15, 0.2) is 0 Å². The Labute approximate surface area is 101 Å². The van der Waals surface area contributed by atoms with Crippen molar-refractivity contribution in [3.05, 3.63) is 0 Å². The molecular weight excluding hydrogens is 224 g/mol. The molecule has 0 spiro atoms. The maximum atomic E-state index is 11.6. The highest BCUT2D eigenvalue weighted by Crippen LogP contribution is 2.15. The summed E-state index contributed by atoms with van der Waals surface area (Å²) in [4.78, 5) is 23.8. The first-order chi connectivity index (χ1) is 8.13. The Balaban J connectivity index is 2.28. The number of methoxy groups -OCH3 is 1. The van der Waals surface area contributed by atoms with Crippen LogP contribution in [0.1, 0.15) is 12.8 Å². The third kappa shape index (κ3) is 5.14. The number of piperidine rings is 1. The van der Waals surface area contributed by atoms with Gasteiger partial charge in [-0.3, -0.25) is 9.59 Å². The summed E-state index contributed by atoms with van der Waals surface area (Å²) in [7, 11) is 1.51. The zero-order chi connectivity index (χ0) is 12.7. The summed E-state index contributed by atoms with van der Waals surface area (Å²) in [6, 6.07) is 0. The first-order valence-electron chi connectivity index (χ1n) is 5.82. The molecule has 6 nitrogen and oxygen atoms in total. The van der Waals surface area contributed by atoms with Gasteiger partial charge < -0.3 is 20.1 Å². The molecule has 0 aromatic carbocycles. The molecule has 1 aliphatic heterocycles. The molecule has 0 radical (unpaired) electrons. The molecule has 98 valence electrons. The molecule has 0 aromatic rings. The molecule has 1 atom stereocenters. The summed E-state index contributed by atoms with van der Waals surface area (Å²) in [5, 5.41) is 11.4. The van der Waals surface area contributed by atoms with Gasteiger partial charge in [0.05, 0.1) is 6.54 Å². The first kappa shape index (κ1) is 13.9. The number of nitrogens with zero attached hydrogens (tertiary/aromatic N) is 1. The monoisotopic (exact) mass is 244 g/mol. The lowest BCUT2D eigenvalue weighted by Gasteiger charge is -2.32. The van der Waals surface area contributed by atoms with Gasteiger partial charge in [0.25, 0.3) is 0 Å². The van der Waals surface area contributed by atoms with E-state index < -0.39 is 5.97 Å². The highest BCUT2D eigenvalue weighted by molar-refractivity contribution is 5.77. The van der Waals surface area contributed by atoms with Crippen LogP contribution in [0.5, 0.6) is 0 Å². The molecule has 0 saturated carbocycles. The predicted octanol–water partition coefficient (Wildman–Crippen LogP) is -0.454. The molecule has 1 unspecified atom stereocenters. The molecular formula is C11H20N2O4. The van der Waals surface area contributed by atoms with Gasteiger partial charge in [-0.05, 0) is 18.8 Å². The Morgan fingerprint density at radius 2 is 2.29 bits per heavy atom. The van der Waals surface area contributed by atoms with Gasteiger partial charge in [-0.2, -0.15) is 0 Å². The number of carbonyl (C=O) groups is 2. The maximum Gasteiger partial charge on any atom is 0.317 e. The van der Waals surface area contributed by atoms with Crippen molar-refractivity contribution in [1.29, 1.82) is 0 Å². The van der Waals surface area contributed by atoms with Crippen molar-refractivity contribution in [3.8, 4) is 0 Å². The standard InChI is InChI=1S/C11H20N2O4/c1-17-8-10(14)13-4-2-3-9(7-13)5-12-6-11(15)16/h9,12H,2-8H2,1H3,(H,15,16). The van der Waals surface area contributed by atoms with Gasteiger partial charge in [0.15, 0.2) is 0 Å². The fraction of sp³-hybridized carbons (Fsp3) is 0.818. The molecule has 1 heterocycles. The van der Waals surface area contributed by atoms with E-state index in [9.17, 15) is 9.59 Å². The zero-order valence-electron chi connectivity index (χ0n) is 10.1. The van der Waals surface area contributed by atoms with Gasteiger partial charge in [0.2, 0.25) is 5.91 Å². The quantitative estimate of drug-likeness (QED) is 0.661. The molecule has 0 aromatic heterocycles. The van der Waals surface area contributed by atoms with Crippen LogP contribution in [0.2, 0.25) is 0 Å². The Morgan fingerprint density at radius 1 is 1.53 bits per heavy atom. The molecule has 0 aliphatic carbocycles. The topological polar surface area (TPSA) is 78.9 Å². The molecule has 1 rings (SSSR count). The largest absolute Gasteiger partial charge is 0.480 e. The first-order valence-corrected chi connectivity index (χ1v) is 5.82. The van der Waals surface area contributed by atoms with E-state index in [4.69, 9.17) is 9.84 Å². The Morgan fingerprint density at radius 3 is 2.94 bits per heavy atom. The van der Waals surface area contributed by atoms with Crippen LogP contribution in [0, 0.1) is 5.92 Å². The molecule has 6 heteroatoms. The number of hydrogen-bond donors (Lipinski definition) is 2. The highest BCUT2D eigenvalue weighted by atomic mass is 16.5. The second kappa shape index (κ2) is 7.24. The summed E-state index contributed by atoms with van der Waals surface area (Å²) in [5.41, 5.74) is 0. The van der Waals surface area contributed by atoms with Crippen molar-refractivity contribution in [2.24, 2.45) is 5.92 Å². The van der Waals surface area contributed by atoms with Crippen molar-refractivity contribution >= 4 is 11.9 Å². The van der Waals surface area contributed by atoms with E-state index in [0.29, 0.717) is 19.0 Å². The predicted molar refractivity (Wildman–Crippen MR) is 61.7 cm³/mol. The van der Waals surface area contributed by atoms with Crippen molar-refractivity contribution in [2.75, 3.05) is 39.9 Å². The average molecular weight is 244 g/mol. The fourth-order valence-corrected chi connectivity index (χ4v) is 2.06. The summed E-state index contributed by atoms with van der Waals surface area (Å²) in [5.74, 6) is -0.507. The van der Waals surface area contributed by atoms with Crippen molar-refractivity contribution in [1.82, 2.24) is 10.2 Å². The molecule has 1 fully saturated rings. The van der Waals surface area contributed by atoms with Gasteiger partial charge >= 0.3 is 5.97 Å². The Hall–Kier alpha value is -1.14. The summed E-state index contributed by atoms with van der Waals surface area (Å²) < 4.78 is 4.82. The lowest BCUT2D eigenvalue weighted by Crippen LogP contribution is -2.44.